The largest absolute Gasteiger partial charge is 0.373 e. The molecule has 1 fully saturated rings. The summed E-state index contributed by atoms with van der Waals surface area (Å²) in [7, 11) is 0. The third-order valence-electron chi connectivity index (χ3n) is 4.65. The summed E-state index contributed by atoms with van der Waals surface area (Å²) in [6.45, 7) is 1.80. The summed E-state index contributed by atoms with van der Waals surface area (Å²) in [6, 6.07) is 14.4. The van der Waals surface area contributed by atoms with Crippen molar-refractivity contribution < 1.29 is 9.53 Å². The van der Waals surface area contributed by atoms with Crippen LogP contribution in [0.5, 0.6) is 0 Å². The molecule has 0 saturated carbocycles. The molecule has 1 aliphatic rings. The smallest absolute Gasteiger partial charge is 0.244 e. The first-order chi connectivity index (χ1) is 12.5. The lowest BCUT2D eigenvalue weighted by Crippen LogP contribution is -2.44. The van der Waals surface area contributed by atoms with Crippen molar-refractivity contribution in [1.29, 1.82) is 0 Å². The molecule has 1 unspecified atom stereocenters. The molecule has 1 atom stereocenters. The molecule has 1 heterocycles. The van der Waals surface area contributed by atoms with Crippen molar-refractivity contribution in [3.63, 3.8) is 0 Å². The van der Waals surface area contributed by atoms with E-state index in [0.717, 1.165) is 24.0 Å². The Morgan fingerprint density at radius 2 is 1.78 bits per heavy atom. The van der Waals surface area contributed by atoms with E-state index in [4.69, 9.17) is 33.7 Å². The Hall–Kier alpha value is -1.30. The summed E-state index contributed by atoms with van der Waals surface area (Å²) in [4.78, 5) is 14.4. The molecule has 3 rings (SSSR count). The maximum Gasteiger partial charge on any atom is 0.244 e. The van der Waals surface area contributed by atoms with Crippen LogP contribution in [0.15, 0.2) is 48.5 Å². The summed E-state index contributed by atoms with van der Waals surface area (Å²) in [6.07, 6.45) is 1.73. The molecule has 2 N–H and O–H groups in total. The molecule has 27 heavy (non-hydrogen) atoms. The number of piperidine rings is 1. The van der Waals surface area contributed by atoms with Gasteiger partial charge in [-0.1, -0.05) is 59.6 Å². The molecule has 0 bridgehead atoms. The average Bonchev–Trinajstić information content (AvgIpc) is 2.69. The number of carbonyl (C=O) groups excluding carboxylic acids is 1. The van der Waals surface area contributed by atoms with Crippen molar-refractivity contribution in [3.05, 3.63) is 69.7 Å². The summed E-state index contributed by atoms with van der Waals surface area (Å²) >= 11 is 12.0. The maximum atomic E-state index is 12.6. The minimum absolute atomic E-state index is 0. The Morgan fingerprint density at radius 3 is 2.41 bits per heavy atom. The Kier molecular flexibility index (Phi) is 8.39. The number of carbonyl (C=O) groups is 1. The monoisotopic (exact) mass is 428 g/mol. The third-order valence-corrected chi connectivity index (χ3v) is 5.39. The molecule has 1 saturated heterocycles. The number of ether oxygens (including phenoxy) is 1. The van der Waals surface area contributed by atoms with E-state index < -0.39 is 6.04 Å². The van der Waals surface area contributed by atoms with E-state index in [1.165, 1.54) is 0 Å². The molecule has 0 spiro atoms. The van der Waals surface area contributed by atoms with Crippen LogP contribution in [0.25, 0.3) is 0 Å². The van der Waals surface area contributed by atoms with Gasteiger partial charge in [-0.05, 0) is 36.1 Å². The zero-order chi connectivity index (χ0) is 18.5. The summed E-state index contributed by atoms with van der Waals surface area (Å²) < 4.78 is 5.97. The molecule has 0 aliphatic carbocycles. The lowest BCUT2D eigenvalue weighted by atomic mass is 10.0. The first-order valence-electron chi connectivity index (χ1n) is 8.69. The summed E-state index contributed by atoms with van der Waals surface area (Å²) in [5.74, 6) is -0.0286. The van der Waals surface area contributed by atoms with Crippen molar-refractivity contribution in [2.45, 2.75) is 31.6 Å². The minimum atomic E-state index is -0.607. The number of hydrogen-bond donors (Lipinski definition) is 1. The second-order valence-corrected chi connectivity index (χ2v) is 7.29. The van der Waals surface area contributed by atoms with Crippen molar-refractivity contribution >= 4 is 41.5 Å². The van der Waals surface area contributed by atoms with E-state index in [-0.39, 0.29) is 24.4 Å². The highest BCUT2D eigenvalue weighted by molar-refractivity contribution is 6.42. The number of nitrogens with zero attached hydrogens (tertiary/aromatic N) is 1. The molecule has 0 radical (unpaired) electrons. The third kappa shape index (κ3) is 5.84. The first kappa shape index (κ1) is 22.0. The van der Waals surface area contributed by atoms with Gasteiger partial charge in [-0.2, -0.15) is 0 Å². The number of halogens is 3. The number of hydrogen-bond acceptors (Lipinski definition) is 3. The van der Waals surface area contributed by atoms with Crippen LogP contribution in [0.2, 0.25) is 10.0 Å². The van der Waals surface area contributed by atoms with Gasteiger partial charge in [0.05, 0.1) is 22.8 Å². The van der Waals surface area contributed by atoms with E-state index in [2.05, 4.69) is 0 Å². The molecular formula is C20H23Cl3N2O2. The van der Waals surface area contributed by atoms with Crippen LogP contribution >= 0.6 is 35.6 Å². The lowest BCUT2D eigenvalue weighted by Gasteiger charge is -2.33. The molecule has 1 aliphatic heterocycles. The number of likely N-dealkylation sites (tertiary alicyclic amines) is 1. The number of amides is 1. The fourth-order valence-corrected chi connectivity index (χ4v) is 3.41. The van der Waals surface area contributed by atoms with Gasteiger partial charge in [0.1, 0.15) is 6.04 Å². The van der Waals surface area contributed by atoms with Gasteiger partial charge in [0.2, 0.25) is 5.91 Å². The van der Waals surface area contributed by atoms with Crippen LogP contribution < -0.4 is 5.73 Å². The van der Waals surface area contributed by atoms with Crippen LogP contribution in [0.3, 0.4) is 0 Å². The van der Waals surface area contributed by atoms with Gasteiger partial charge in [-0.25, -0.2) is 0 Å². The minimum Gasteiger partial charge on any atom is -0.373 e. The van der Waals surface area contributed by atoms with E-state index >= 15 is 0 Å². The van der Waals surface area contributed by atoms with Crippen LogP contribution in [-0.4, -0.2) is 30.0 Å². The molecule has 2 aromatic carbocycles. The fraction of sp³-hybridized carbons (Fsp3) is 0.350. The number of nitrogens with two attached hydrogens (primary N) is 1. The van der Waals surface area contributed by atoms with Gasteiger partial charge in [-0.15, -0.1) is 12.4 Å². The van der Waals surface area contributed by atoms with Gasteiger partial charge in [0.25, 0.3) is 0 Å². The topological polar surface area (TPSA) is 55.6 Å². The van der Waals surface area contributed by atoms with Crippen molar-refractivity contribution in [2.24, 2.45) is 5.73 Å². The molecular weight excluding hydrogens is 407 g/mol. The van der Waals surface area contributed by atoms with E-state index in [9.17, 15) is 4.79 Å². The fourth-order valence-electron chi connectivity index (χ4n) is 3.09. The average molecular weight is 430 g/mol. The highest BCUT2D eigenvalue weighted by atomic mass is 35.5. The van der Waals surface area contributed by atoms with Crippen LogP contribution in [0.1, 0.15) is 30.0 Å². The number of rotatable bonds is 5. The zero-order valence-electron chi connectivity index (χ0n) is 14.8. The first-order valence-corrected chi connectivity index (χ1v) is 9.45. The van der Waals surface area contributed by atoms with E-state index in [1.807, 2.05) is 47.4 Å². The van der Waals surface area contributed by atoms with E-state index in [0.29, 0.717) is 29.7 Å². The molecule has 146 valence electrons. The Labute approximate surface area is 176 Å². The second-order valence-electron chi connectivity index (χ2n) is 6.47. The second kappa shape index (κ2) is 10.3. The van der Waals surface area contributed by atoms with Crippen LogP contribution in [0.4, 0.5) is 0 Å². The van der Waals surface area contributed by atoms with Gasteiger partial charge >= 0.3 is 0 Å². The SMILES string of the molecule is Cl.NC(C(=O)N1CCC(OCc2ccc(Cl)c(Cl)c2)CC1)c1ccccc1. The number of benzene rings is 2. The Morgan fingerprint density at radius 1 is 1.11 bits per heavy atom. The van der Waals surface area contributed by atoms with Crippen molar-refractivity contribution in [1.82, 2.24) is 4.90 Å². The van der Waals surface area contributed by atoms with Crippen LogP contribution in [0, 0.1) is 0 Å². The van der Waals surface area contributed by atoms with Crippen LogP contribution in [-0.2, 0) is 16.1 Å². The quantitative estimate of drug-likeness (QED) is 0.754. The molecule has 7 heteroatoms. The Bertz CT molecular complexity index is 750. The normalized spacial score (nSPS) is 15.9. The summed E-state index contributed by atoms with van der Waals surface area (Å²) in [5.41, 5.74) is 7.95. The van der Waals surface area contributed by atoms with Gasteiger partial charge in [-0.3, -0.25) is 4.79 Å². The Balaban J connectivity index is 0.00000261. The molecule has 4 nitrogen and oxygen atoms in total. The predicted molar refractivity (Wildman–Crippen MR) is 111 cm³/mol. The standard InChI is InChI=1S/C20H22Cl2N2O2.ClH/c21-17-7-6-14(12-18(17)22)13-26-16-8-10-24(11-9-16)20(25)19(23)15-4-2-1-3-5-15;/h1-7,12,16,19H,8-11,13,23H2;1H. The van der Waals surface area contributed by atoms with Gasteiger partial charge in [0.15, 0.2) is 0 Å². The summed E-state index contributed by atoms with van der Waals surface area (Å²) in [5, 5.41) is 1.07. The van der Waals surface area contributed by atoms with Crippen molar-refractivity contribution in [3.8, 4) is 0 Å². The van der Waals surface area contributed by atoms with Gasteiger partial charge < -0.3 is 15.4 Å². The van der Waals surface area contributed by atoms with Gasteiger partial charge in [0, 0.05) is 13.1 Å². The zero-order valence-corrected chi connectivity index (χ0v) is 17.1. The highest BCUT2D eigenvalue weighted by Gasteiger charge is 2.27. The predicted octanol–water partition coefficient (Wildman–Crippen LogP) is 4.62. The van der Waals surface area contributed by atoms with E-state index in [1.54, 1.807) is 6.07 Å². The molecule has 0 aromatic heterocycles. The molecule has 2 aromatic rings. The maximum absolute atomic E-state index is 12.6. The lowest BCUT2D eigenvalue weighted by molar-refractivity contribution is -0.135. The van der Waals surface area contributed by atoms with Crippen molar-refractivity contribution in [2.75, 3.05) is 13.1 Å². The highest BCUT2D eigenvalue weighted by Crippen LogP contribution is 2.24. The molecule has 1 amide bonds.